The lowest BCUT2D eigenvalue weighted by Gasteiger charge is -2.24. The minimum absolute atomic E-state index is 0.0450. The summed E-state index contributed by atoms with van der Waals surface area (Å²) in [7, 11) is -4.01. The van der Waals surface area contributed by atoms with Crippen LogP contribution in [0.1, 0.15) is 30.6 Å². The Balaban J connectivity index is 2.17. The number of nitrogens with one attached hydrogen (secondary N) is 1. The summed E-state index contributed by atoms with van der Waals surface area (Å²) in [5.41, 5.74) is 0.701. The molecule has 0 bridgehead atoms. The van der Waals surface area contributed by atoms with Gasteiger partial charge in [-0.05, 0) is 42.7 Å². The largest absolute Gasteiger partial charge is 0.381 e. The van der Waals surface area contributed by atoms with Gasteiger partial charge in [-0.1, -0.05) is 49.7 Å². The number of amides is 1. The average Bonchev–Trinajstić information content (AvgIpc) is 2.74. The minimum atomic E-state index is -4.01. The van der Waals surface area contributed by atoms with Crippen molar-refractivity contribution in [1.29, 1.82) is 0 Å². The van der Waals surface area contributed by atoms with Gasteiger partial charge in [0.05, 0.1) is 17.3 Å². The summed E-state index contributed by atoms with van der Waals surface area (Å²) >= 11 is 6.22. The average molecular weight is 465 g/mol. The topological polar surface area (TPSA) is 75.7 Å². The molecule has 0 fully saturated rings. The molecule has 0 aromatic heterocycles. The first-order valence-electron chi connectivity index (χ1n) is 10.1. The molecule has 0 saturated carbocycles. The first-order valence-corrected chi connectivity index (χ1v) is 11.9. The SMILES string of the molecule is C=CCN(c1ccccc1)S(=O)(=O)c1cc(C(=O)NCCCOCC(C)C)ccc1Cl. The summed E-state index contributed by atoms with van der Waals surface area (Å²) in [6.45, 7) is 9.51. The molecule has 8 heteroatoms. The molecule has 0 spiro atoms. The van der Waals surface area contributed by atoms with Crippen molar-refractivity contribution in [2.24, 2.45) is 5.92 Å². The van der Waals surface area contributed by atoms with E-state index < -0.39 is 10.0 Å². The number of sulfonamides is 1. The van der Waals surface area contributed by atoms with E-state index in [-0.39, 0.29) is 27.9 Å². The zero-order valence-electron chi connectivity index (χ0n) is 17.9. The Kier molecular flexibility index (Phi) is 9.55. The molecule has 2 rings (SSSR count). The molecule has 168 valence electrons. The molecule has 31 heavy (non-hydrogen) atoms. The lowest BCUT2D eigenvalue weighted by molar-refractivity contribution is 0.0925. The van der Waals surface area contributed by atoms with Crippen molar-refractivity contribution in [2.75, 3.05) is 30.6 Å². The Morgan fingerprint density at radius 2 is 1.94 bits per heavy atom. The Morgan fingerprint density at radius 3 is 2.58 bits per heavy atom. The third-order valence-corrected chi connectivity index (χ3v) is 6.58. The number of hydrogen-bond acceptors (Lipinski definition) is 4. The highest BCUT2D eigenvalue weighted by molar-refractivity contribution is 7.93. The maximum absolute atomic E-state index is 13.4. The van der Waals surface area contributed by atoms with E-state index in [1.54, 1.807) is 30.3 Å². The van der Waals surface area contributed by atoms with E-state index in [9.17, 15) is 13.2 Å². The van der Waals surface area contributed by atoms with Crippen LogP contribution in [0.4, 0.5) is 5.69 Å². The van der Waals surface area contributed by atoms with Crippen molar-refractivity contribution >= 4 is 33.2 Å². The molecule has 1 N–H and O–H groups in total. The lowest BCUT2D eigenvalue weighted by Crippen LogP contribution is -2.32. The third kappa shape index (κ3) is 7.09. The van der Waals surface area contributed by atoms with Crippen molar-refractivity contribution in [2.45, 2.75) is 25.2 Å². The Labute approximate surface area is 189 Å². The quantitative estimate of drug-likeness (QED) is 0.370. The molecule has 0 radical (unpaired) electrons. The van der Waals surface area contributed by atoms with E-state index in [4.69, 9.17) is 16.3 Å². The minimum Gasteiger partial charge on any atom is -0.381 e. The normalized spacial score (nSPS) is 11.4. The van der Waals surface area contributed by atoms with E-state index in [0.717, 1.165) is 0 Å². The molecule has 0 unspecified atom stereocenters. The number of para-hydroxylation sites is 1. The van der Waals surface area contributed by atoms with Gasteiger partial charge in [0.25, 0.3) is 15.9 Å². The van der Waals surface area contributed by atoms with E-state index in [2.05, 4.69) is 25.7 Å². The molecule has 0 heterocycles. The third-order valence-electron chi connectivity index (χ3n) is 4.30. The predicted molar refractivity (Wildman–Crippen MR) is 125 cm³/mol. The second kappa shape index (κ2) is 11.9. The molecule has 2 aromatic rings. The first-order chi connectivity index (χ1) is 14.8. The molecule has 6 nitrogen and oxygen atoms in total. The Bertz CT molecular complexity index is 978. The summed E-state index contributed by atoms with van der Waals surface area (Å²) in [5.74, 6) is 0.0903. The summed E-state index contributed by atoms with van der Waals surface area (Å²) < 4.78 is 33.4. The van der Waals surface area contributed by atoms with Crippen molar-refractivity contribution in [1.82, 2.24) is 5.32 Å². The van der Waals surface area contributed by atoms with Gasteiger partial charge in [-0.2, -0.15) is 0 Å². The standard InChI is InChI=1S/C23H29ClN2O4S/c1-4-14-26(20-9-6-5-7-10-20)31(28,29)22-16-19(11-12-21(22)24)23(27)25-13-8-15-30-17-18(2)3/h4-7,9-12,16,18H,1,8,13-15,17H2,2-3H3,(H,25,27). The van der Waals surface area contributed by atoms with Crippen LogP contribution in [0.15, 0.2) is 66.1 Å². The summed E-state index contributed by atoms with van der Waals surface area (Å²) in [6.07, 6.45) is 2.16. The van der Waals surface area contributed by atoms with Crippen LogP contribution in [0, 0.1) is 5.92 Å². The van der Waals surface area contributed by atoms with Crippen LogP contribution in [-0.4, -0.2) is 40.6 Å². The van der Waals surface area contributed by atoms with Crippen molar-refractivity contribution < 1.29 is 17.9 Å². The highest BCUT2D eigenvalue weighted by atomic mass is 35.5. The second-order valence-corrected chi connectivity index (χ2v) is 9.62. The Hall–Kier alpha value is -2.35. The van der Waals surface area contributed by atoms with Crippen LogP contribution in [0.25, 0.3) is 0 Å². The summed E-state index contributed by atoms with van der Waals surface area (Å²) in [5, 5.41) is 2.83. The number of ether oxygens (including phenoxy) is 1. The van der Waals surface area contributed by atoms with Crippen LogP contribution >= 0.6 is 11.6 Å². The van der Waals surface area contributed by atoms with Gasteiger partial charge in [0, 0.05) is 25.3 Å². The summed E-state index contributed by atoms with van der Waals surface area (Å²) in [6, 6.07) is 12.9. The predicted octanol–water partition coefficient (Wildman–Crippen LogP) is 4.51. The van der Waals surface area contributed by atoms with Crippen LogP contribution in [-0.2, 0) is 14.8 Å². The number of halogens is 1. The van der Waals surface area contributed by atoms with Crippen LogP contribution < -0.4 is 9.62 Å². The number of nitrogens with zero attached hydrogens (tertiary/aromatic N) is 1. The fourth-order valence-corrected chi connectivity index (χ4v) is 4.75. The molecule has 0 atom stereocenters. The van der Waals surface area contributed by atoms with Gasteiger partial charge in [-0.15, -0.1) is 6.58 Å². The van der Waals surface area contributed by atoms with Crippen LogP contribution in [0.3, 0.4) is 0 Å². The van der Waals surface area contributed by atoms with E-state index in [0.29, 0.717) is 37.8 Å². The molecular weight excluding hydrogens is 436 g/mol. The van der Waals surface area contributed by atoms with E-state index in [1.165, 1.54) is 28.6 Å². The number of anilines is 1. The first kappa shape index (κ1) is 24.9. The van der Waals surface area contributed by atoms with Gasteiger partial charge in [-0.25, -0.2) is 8.42 Å². The second-order valence-electron chi connectivity index (χ2n) is 7.38. The maximum atomic E-state index is 13.4. The number of hydrogen-bond donors (Lipinski definition) is 1. The monoisotopic (exact) mass is 464 g/mol. The zero-order chi connectivity index (χ0) is 22.9. The lowest BCUT2D eigenvalue weighted by atomic mass is 10.2. The number of carbonyl (C=O) groups excluding carboxylic acids is 1. The summed E-state index contributed by atoms with van der Waals surface area (Å²) in [4.78, 5) is 12.4. The highest BCUT2D eigenvalue weighted by Gasteiger charge is 2.27. The maximum Gasteiger partial charge on any atom is 0.266 e. The number of carbonyl (C=O) groups is 1. The van der Waals surface area contributed by atoms with Gasteiger partial charge >= 0.3 is 0 Å². The zero-order valence-corrected chi connectivity index (χ0v) is 19.5. The molecule has 1 amide bonds. The van der Waals surface area contributed by atoms with Crippen LogP contribution in [0.2, 0.25) is 5.02 Å². The molecule has 0 aliphatic carbocycles. The fourth-order valence-electron chi connectivity index (χ4n) is 2.81. The molecule has 0 saturated heterocycles. The molecule has 0 aliphatic heterocycles. The van der Waals surface area contributed by atoms with Gasteiger partial charge in [0.15, 0.2) is 0 Å². The van der Waals surface area contributed by atoms with E-state index >= 15 is 0 Å². The van der Waals surface area contributed by atoms with Crippen LogP contribution in [0.5, 0.6) is 0 Å². The van der Waals surface area contributed by atoms with Gasteiger partial charge in [0.2, 0.25) is 0 Å². The van der Waals surface area contributed by atoms with E-state index in [1.807, 2.05) is 0 Å². The number of rotatable bonds is 12. The molecular formula is C23H29ClN2O4S. The number of benzene rings is 2. The highest BCUT2D eigenvalue weighted by Crippen LogP contribution is 2.29. The van der Waals surface area contributed by atoms with Crippen molar-refractivity contribution in [3.63, 3.8) is 0 Å². The van der Waals surface area contributed by atoms with Gasteiger partial charge in [-0.3, -0.25) is 9.10 Å². The molecule has 0 aliphatic rings. The Morgan fingerprint density at radius 1 is 1.23 bits per heavy atom. The van der Waals surface area contributed by atoms with Crippen molar-refractivity contribution in [3.05, 3.63) is 71.8 Å². The van der Waals surface area contributed by atoms with Crippen molar-refractivity contribution in [3.8, 4) is 0 Å². The molecule has 2 aromatic carbocycles. The van der Waals surface area contributed by atoms with Gasteiger partial charge < -0.3 is 10.1 Å². The smallest absolute Gasteiger partial charge is 0.266 e. The fraction of sp³-hybridized carbons (Fsp3) is 0.348. The van der Waals surface area contributed by atoms with Gasteiger partial charge in [0.1, 0.15) is 4.90 Å².